The number of rotatable bonds is 8. The molecule has 2 aliphatic heterocycles. The lowest BCUT2D eigenvalue weighted by atomic mass is 10.0. The minimum atomic E-state index is -0.267. The van der Waals surface area contributed by atoms with E-state index < -0.39 is 0 Å². The van der Waals surface area contributed by atoms with Crippen LogP contribution in [0.4, 0.5) is 5.69 Å². The highest BCUT2D eigenvalue weighted by Crippen LogP contribution is 2.29. The first-order valence-corrected chi connectivity index (χ1v) is 11.8. The van der Waals surface area contributed by atoms with Gasteiger partial charge in [0.1, 0.15) is 5.75 Å². The standard InChI is InChI=1S/C23H35ClN4O4/c1-31-20-14-18(25)17(24)13-16(20)23(30)26-19-8-12-27(15-21(19)32-2)9-6-7-22(29)28-10-4-3-5-11-28/h13-14,19,21H,3-12,15,25H2,1-2H3,(H,26,30). The fourth-order valence-electron chi connectivity index (χ4n) is 4.50. The molecule has 2 fully saturated rings. The molecule has 2 aliphatic rings. The van der Waals surface area contributed by atoms with Crippen LogP contribution in [0.15, 0.2) is 12.1 Å². The predicted octanol–water partition coefficient (Wildman–Crippen LogP) is 2.54. The molecule has 2 unspecified atom stereocenters. The van der Waals surface area contributed by atoms with Gasteiger partial charge in [0.25, 0.3) is 5.91 Å². The number of hydrogen-bond donors (Lipinski definition) is 2. The van der Waals surface area contributed by atoms with Crippen LogP contribution < -0.4 is 15.8 Å². The van der Waals surface area contributed by atoms with E-state index in [-0.39, 0.29) is 24.0 Å². The number of methoxy groups -OCH3 is 2. The van der Waals surface area contributed by atoms with Gasteiger partial charge in [0.2, 0.25) is 5.91 Å². The highest BCUT2D eigenvalue weighted by molar-refractivity contribution is 6.33. The number of amides is 2. The summed E-state index contributed by atoms with van der Waals surface area (Å²) in [6, 6.07) is 2.96. The molecule has 3 N–H and O–H groups in total. The smallest absolute Gasteiger partial charge is 0.255 e. The average molecular weight is 467 g/mol. The zero-order valence-electron chi connectivity index (χ0n) is 19.1. The van der Waals surface area contributed by atoms with Crippen molar-refractivity contribution < 1.29 is 19.1 Å². The molecule has 0 aliphatic carbocycles. The Morgan fingerprint density at radius 1 is 1.19 bits per heavy atom. The van der Waals surface area contributed by atoms with Crippen molar-refractivity contribution in [3.63, 3.8) is 0 Å². The Morgan fingerprint density at radius 3 is 2.62 bits per heavy atom. The first-order chi connectivity index (χ1) is 15.4. The van der Waals surface area contributed by atoms with Crippen molar-refractivity contribution in [1.82, 2.24) is 15.1 Å². The summed E-state index contributed by atoms with van der Waals surface area (Å²) in [7, 11) is 3.15. The molecule has 1 aromatic rings. The van der Waals surface area contributed by atoms with Crippen LogP contribution in [0.1, 0.15) is 48.9 Å². The van der Waals surface area contributed by atoms with Crippen LogP contribution in [-0.4, -0.2) is 80.7 Å². The molecule has 32 heavy (non-hydrogen) atoms. The van der Waals surface area contributed by atoms with Gasteiger partial charge in [-0.15, -0.1) is 0 Å². The number of likely N-dealkylation sites (tertiary alicyclic amines) is 2. The molecule has 8 nitrogen and oxygen atoms in total. The van der Waals surface area contributed by atoms with Gasteiger partial charge in [-0.3, -0.25) is 9.59 Å². The lowest BCUT2D eigenvalue weighted by Gasteiger charge is -2.38. The number of nitrogens with two attached hydrogens (primary N) is 1. The second-order valence-corrected chi connectivity index (χ2v) is 8.97. The fraction of sp³-hybridized carbons (Fsp3) is 0.652. The predicted molar refractivity (Wildman–Crippen MR) is 125 cm³/mol. The summed E-state index contributed by atoms with van der Waals surface area (Å²) in [6.45, 7) is 4.20. The molecule has 2 heterocycles. The number of nitrogens with zero attached hydrogens (tertiary/aromatic N) is 2. The topological polar surface area (TPSA) is 97.1 Å². The van der Waals surface area contributed by atoms with Crippen LogP contribution >= 0.6 is 11.6 Å². The quantitative estimate of drug-likeness (QED) is 0.571. The van der Waals surface area contributed by atoms with Gasteiger partial charge in [-0.2, -0.15) is 0 Å². The lowest BCUT2D eigenvalue weighted by molar-refractivity contribution is -0.132. The number of carbonyl (C=O) groups excluding carboxylic acids is 2. The van der Waals surface area contributed by atoms with E-state index in [0.717, 1.165) is 51.9 Å². The van der Waals surface area contributed by atoms with Gasteiger partial charge in [0.15, 0.2) is 0 Å². The molecule has 1 aromatic carbocycles. The molecule has 0 saturated carbocycles. The minimum Gasteiger partial charge on any atom is -0.496 e. The van der Waals surface area contributed by atoms with Crippen molar-refractivity contribution >= 4 is 29.1 Å². The number of halogens is 1. The van der Waals surface area contributed by atoms with Crippen LogP contribution in [0.3, 0.4) is 0 Å². The van der Waals surface area contributed by atoms with Crippen molar-refractivity contribution in [2.24, 2.45) is 0 Å². The third-order valence-electron chi connectivity index (χ3n) is 6.40. The number of nitrogen functional groups attached to an aromatic ring is 1. The van der Waals surface area contributed by atoms with E-state index in [4.69, 9.17) is 26.8 Å². The fourth-order valence-corrected chi connectivity index (χ4v) is 4.67. The SMILES string of the molecule is COc1cc(N)c(Cl)cc1C(=O)NC1CCN(CCCC(=O)N2CCCCC2)CC1OC. The van der Waals surface area contributed by atoms with Crippen LogP contribution in [-0.2, 0) is 9.53 Å². The Morgan fingerprint density at radius 2 is 1.94 bits per heavy atom. The van der Waals surface area contributed by atoms with Gasteiger partial charge in [0, 0.05) is 45.8 Å². The van der Waals surface area contributed by atoms with E-state index in [9.17, 15) is 9.59 Å². The molecule has 2 saturated heterocycles. The normalized spacial score (nSPS) is 21.9. The Hall–Kier alpha value is -2.03. The summed E-state index contributed by atoms with van der Waals surface area (Å²) in [5.74, 6) is 0.386. The zero-order valence-corrected chi connectivity index (χ0v) is 19.8. The molecule has 0 spiro atoms. The molecule has 2 amide bonds. The molecule has 178 valence electrons. The maximum atomic E-state index is 12.9. The molecular weight excluding hydrogens is 432 g/mol. The van der Waals surface area contributed by atoms with Gasteiger partial charge in [-0.1, -0.05) is 11.6 Å². The Kier molecular flexibility index (Phi) is 9.02. The second-order valence-electron chi connectivity index (χ2n) is 8.56. The zero-order chi connectivity index (χ0) is 23.1. The molecule has 2 atom stereocenters. The van der Waals surface area contributed by atoms with E-state index in [1.165, 1.54) is 19.6 Å². The van der Waals surface area contributed by atoms with Crippen molar-refractivity contribution in [2.45, 2.75) is 50.7 Å². The first kappa shape index (κ1) is 24.6. The van der Waals surface area contributed by atoms with Gasteiger partial charge in [0.05, 0.1) is 35.5 Å². The van der Waals surface area contributed by atoms with Gasteiger partial charge >= 0.3 is 0 Å². The Labute approximate surface area is 195 Å². The summed E-state index contributed by atoms with van der Waals surface area (Å²) in [4.78, 5) is 29.6. The van der Waals surface area contributed by atoms with Crippen molar-refractivity contribution in [2.75, 3.05) is 52.7 Å². The maximum Gasteiger partial charge on any atom is 0.255 e. The Bertz CT molecular complexity index is 800. The molecule has 0 bridgehead atoms. The largest absolute Gasteiger partial charge is 0.496 e. The van der Waals surface area contributed by atoms with E-state index >= 15 is 0 Å². The molecule has 9 heteroatoms. The van der Waals surface area contributed by atoms with Crippen LogP contribution in [0.2, 0.25) is 5.02 Å². The van der Waals surface area contributed by atoms with Crippen LogP contribution in [0.5, 0.6) is 5.75 Å². The number of benzene rings is 1. The van der Waals surface area contributed by atoms with Crippen molar-refractivity contribution in [3.8, 4) is 5.75 Å². The molecular formula is C23H35ClN4O4. The second kappa shape index (κ2) is 11.7. The number of piperidine rings is 2. The Balaban J connectivity index is 1.49. The minimum absolute atomic E-state index is 0.125. The number of carbonyl (C=O) groups is 2. The molecule has 0 aromatic heterocycles. The number of ether oxygens (including phenoxy) is 2. The molecule has 0 radical (unpaired) electrons. The summed E-state index contributed by atoms with van der Waals surface area (Å²) in [6.07, 6.45) is 5.52. The number of hydrogen-bond acceptors (Lipinski definition) is 6. The van der Waals surface area contributed by atoms with Gasteiger partial charge in [-0.05, 0) is 44.7 Å². The van der Waals surface area contributed by atoms with E-state index in [1.807, 2.05) is 4.90 Å². The highest BCUT2D eigenvalue weighted by Gasteiger charge is 2.31. The van der Waals surface area contributed by atoms with Crippen LogP contribution in [0, 0.1) is 0 Å². The van der Waals surface area contributed by atoms with E-state index in [2.05, 4.69) is 10.2 Å². The van der Waals surface area contributed by atoms with Crippen LogP contribution in [0.25, 0.3) is 0 Å². The monoisotopic (exact) mass is 466 g/mol. The maximum absolute atomic E-state index is 12.9. The first-order valence-electron chi connectivity index (χ1n) is 11.4. The van der Waals surface area contributed by atoms with Gasteiger partial charge in [-0.25, -0.2) is 0 Å². The average Bonchev–Trinajstić information content (AvgIpc) is 2.81. The van der Waals surface area contributed by atoms with Crippen molar-refractivity contribution in [1.29, 1.82) is 0 Å². The third-order valence-corrected chi connectivity index (χ3v) is 6.73. The summed E-state index contributed by atoms with van der Waals surface area (Å²) in [5.41, 5.74) is 6.53. The number of nitrogens with one attached hydrogen (secondary N) is 1. The molecule has 3 rings (SSSR count). The summed E-state index contributed by atoms with van der Waals surface area (Å²) in [5, 5.41) is 3.38. The van der Waals surface area contributed by atoms with E-state index in [1.54, 1.807) is 13.2 Å². The third kappa shape index (κ3) is 6.27. The summed E-state index contributed by atoms with van der Waals surface area (Å²) >= 11 is 6.11. The summed E-state index contributed by atoms with van der Waals surface area (Å²) < 4.78 is 11.0. The lowest BCUT2D eigenvalue weighted by Crippen LogP contribution is -2.55. The van der Waals surface area contributed by atoms with Gasteiger partial charge < -0.3 is 30.3 Å². The van der Waals surface area contributed by atoms with E-state index in [0.29, 0.717) is 35.0 Å². The highest BCUT2D eigenvalue weighted by atomic mass is 35.5. The van der Waals surface area contributed by atoms with Crippen molar-refractivity contribution in [3.05, 3.63) is 22.7 Å². The number of anilines is 1.